The number of hydrogen-bond acceptors (Lipinski definition) is 4. The minimum Gasteiger partial charge on any atom is -0.392 e. The summed E-state index contributed by atoms with van der Waals surface area (Å²) in [5.74, 6) is 0. The number of nitroso groups, excluding NO2 is 1. The van der Waals surface area contributed by atoms with Crippen molar-refractivity contribution in [1.82, 2.24) is 5.32 Å². The lowest BCUT2D eigenvalue weighted by atomic mass is 10.2. The summed E-state index contributed by atoms with van der Waals surface area (Å²) in [7, 11) is 0. The Morgan fingerprint density at radius 3 is 2.83 bits per heavy atom. The Labute approximate surface area is 73.3 Å². The van der Waals surface area contributed by atoms with Crippen LogP contribution in [0.25, 0.3) is 0 Å². The first-order chi connectivity index (χ1) is 5.81. The van der Waals surface area contributed by atoms with Gasteiger partial charge in [-0.05, 0) is 25.8 Å². The van der Waals surface area contributed by atoms with E-state index in [0.29, 0.717) is 13.1 Å². The molecule has 0 rings (SSSR count). The van der Waals surface area contributed by atoms with E-state index in [1.165, 1.54) is 0 Å². The minimum absolute atomic E-state index is 0.241. The molecule has 1 atom stereocenters. The zero-order valence-electron chi connectivity index (χ0n) is 7.62. The molecule has 0 aliphatic heterocycles. The molecule has 1 unspecified atom stereocenters. The molecule has 0 radical (unpaired) electrons. The van der Waals surface area contributed by atoms with Gasteiger partial charge in [0.05, 0.1) is 12.6 Å². The van der Waals surface area contributed by atoms with Crippen molar-refractivity contribution < 1.29 is 5.11 Å². The molecular formula is C8H18N2O2. The quantitative estimate of drug-likeness (QED) is 0.424. The third-order valence-electron chi connectivity index (χ3n) is 1.70. The Balaban J connectivity index is 2.95. The summed E-state index contributed by atoms with van der Waals surface area (Å²) in [6.07, 6.45) is 2.32. The van der Waals surface area contributed by atoms with E-state index in [9.17, 15) is 4.91 Å². The van der Waals surface area contributed by atoms with Gasteiger partial charge in [-0.1, -0.05) is 12.1 Å². The van der Waals surface area contributed by atoms with Crippen LogP contribution in [0.4, 0.5) is 0 Å². The standard InChI is InChI=1S/C8H18N2O2/c1-2-8(11)7-9-5-3-4-6-10-12/h8-9,11H,2-7H2,1H3. The van der Waals surface area contributed by atoms with Crippen molar-refractivity contribution >= 4 is 0 Å². The Hall–Kier alpha value is -0.480. The second-order valence-electron chi connectivity index (χ2n) is 2.83. The van der Waals surface area contributed by atoms with Gasteiger partial charge in [-0.25, -0.2) is 0 Å². The van der Waals surface area contributed by atoms with Gasteiger partial charge in [0.2, 0.25) is 0 Å². The SMILES string of the molecule is CCC(O)CNCCCCN=O. The number of aliphatic hydroxyl groups excluding tert-OH is 1. The lowest BCUT2D eigenvalue weighted by Gasteiger charge is -2.08. The highest BCUT2D eigenvalue weighted by molar-refractivity contribution is 4.56. The molecule has 0 saturated carbocycles. The van der Waals surface area contributed by atoms with E-state index in [0.717, 1.165) is 25.8 Å². The number of nitrogens with one attached hydrogen (secondary N) is 1. The average molecular weight is 174 g/mol. The van der Waals surface area contributed by atoms with Gasteiger partial charge in [-0.15, -0.1) is 0 Å². The number of nitrogens with zero attached hydrogens (tertiary/aromatic N) is 1. The zero-order valence-corrected chi connectivity index (χ0v) is 7.62. The predicted molar refractivity (Wildman–Crippen MR) is 49.1 cm³/mol. The molecule has 72 valence electrons. The molecule has 0 aliphatic carbocycles. The van der Waals surface area contributed by atoms with E-state index in [2.05, 4.69) is 10.5 Å². The van der Waals surface area contributed by atoms with E-state index in [1.807, 2.05) is 6.92 Å². The molecule has 0 heterocycles. The molecule has 4 nitrogen and oxygen atoms in total. The van der Waals surface area contributed by atoms with Gasteiger partial charge in [0, 0.05) is 6.54 Å². The second-order valence-corrected chi connectivity index (χ2v) is 2.83. The summed E-state index contributed by atoms with van der Waals surface area (Å²) in [6, 6.07) is 0. The van der Waals surface area contributed by atoms with Crippen LogP contribution in [0.15, 0.2) is 5.18 Å². The van der Waals surface area contributed by atoms with Crippen LogP contribution in [0.2, 0.25) is 0 Å². The van der Waals surface area contributed by atoms with Crippen LogP contribution in [0.1, 0.15) is 26.2 Å². The predicted octanol–water partition coefficient (Wildman–Crippen LogP) is 0.893. The van der Waals surface area contributed by atoms with Crippen molar-refractivity contribution in [2.75, 3.05) is 19.6 Å². The molecule has 0 aromatic heterocycles. The Bertz CT molecular complexity index is 109. The highest BCUT2D eigenvalue weighted by atomic mass is 16.3. The molecule has 0 spiro atoms. The summed E-state index contributed by atoms with van der Waals surface area (Å²) in [5.41, 5.74) is 0. The molecule has 0 bridgehead atoms. The summed E-state index contributed by atoms with van der Waals surface area (Å²) in [5, 5.41) is 15.0. The van der Waals surface area contributed by atoms with Crippen molar-refractivity contribution in [3.8, 4) is 0 Å². The molecule has 0 saturated heterocycles. The van der Waals surface area contributed by atoms with Crippen LogP contribution >= 0.6 is 0 Å². The van der Waals surface area contributed by atoms with E-state index in [4.69, 9.17) is 5.11 Å². The molecule has 0 aromatic rings. The highest BCUT2D eigenvalue weighted by Crippen LogP contribution is 1.89. The lowest BCUT2D eigenvalue weighted by molar-refractivity contribution is 0.167. The first-order valence-corrected chi connectivity index (χ1v) is 4.49. The van der Waals surface area contributed by atoms with Crippen molar-refractivity contribution in [1.29, 1.82) is 0 Å². The van der Waals surface area contributed by atoms with Gasteiger partial charge in [0.15, 0.2) is 0 Å². The fourth-order valence-electron chi connectivity index (χ4n) is 0.839. The van der Waals surface area contributed by atoms with Crippen molar-refractivity contribution in [3.05, 3.63) is 4.91 Å². The van der Waals surface area contributed by atoms with Crippen LogP contribution < -0.4 is 5.32 Å². The molecule has 12 heavy (non-hydrogen) atoms. The van der Waals surface area contributed by atoms with Gasteiger partial charge < -0.3 is 10.4 Å². The van der Waals surface area contributed by atoms with E-state index in [-0.39, 0.29) is 6.10 Å². The fraction of sp³-hybridized carbons (Fsp3) is 1.00. The first kappa shape index (κ1) is 11.5. The van der Waals surface area contributed by atoms with E-state index >= 15 is 0 Å². The summed E-state index contributed by atoms with van der Waals surface area (Å²) in [6.45, 7) is 3.85. The van der Waals surface area contributed by atoms with Crippen LogP contribution in [0, 0.1) is 4.91 Å². The van der Waals surface area contributed by atoms with E-state index < -0.39 is 0 Å². The number of rotatable bonds is 8. The smallest absolute Gasteiger partial charge is 0.0811 e. The second kappa shape index (κ2) is 8.62. The minimum atomic E-state index is -0.241. The van der Waals surface area contributed by atoms with Gasteiger partial charge in [-0.2, -0.15) is 4.91 Å². The molecular weight excluding hydrogens is 156 g/mol. The van der Waals surface area contributed by atoms with Crippen molar-refractivity contribution in [2.24, 2.45) is 5.18 Å². The number of unbranched alkanes of at least 4 members (excludes halogenated alkanes) is 1. The maximum Gasteiger partial charge on any atom is 0.0811 e. The summed E-state index contributed by atoms with van der Waals surface area (Å²) < 4.78 is 0. The van der Waals surface area contributed by atoms with Gasteiger partial charge in [0.25, 0.3) is 0 Å². The summed E-state index contributed by atoms with van der Waals surface area (Å²) in [4.78, 5) is 9.68. The van der Waals surface area contributed by atoms with Crippen molar-refractivity contribution in [3.63, 3.8) is 0 Å². The monoisotopic (exact) mass is 174 g/mol. The van der Waals surface area contributed by atoms with E-state index in [1.54, 1.807) is 0 Å². The Morgan fingerprint density at radius 1 is 1.50 bits per heavy atom. The first-order valence-electron chi connectivity index (χ1n) is 4.49. The fourth-order valence-corrected chi connectivity index (χ4v) is 0.839. The van der Waals surface area contributed by atoms with Crippen LogP contribution in [-0.4, -0.2) is 30.8 Å². The van der Waals surface area contributed by atoms with Crippen LogP contribution in [0.3, 0.4) is 0 Å². The summed E-state index contributed by atoms with van der Waals surface area (Å²) >= 11 is 0. The molecule has 0 amide bonds. The number of hydrogen-bond donors (Lipinski definition) is 2. The molecule has 0 fully saturated rings. The largest absolute Gasteiger partial charge is 0.392 e. The molecule has 2 N–H and O–H groups in total. The maximum absolute atomic E-state index is 9.68. The third-order valence-corrected chi connectivity index (χ3v) is 1.70. The van der Waals surface area contributed by atoms with Gasteiger partial charge in [-0.3, -0.25) is 0 Å². The third kappa shape index (κ3) is 7.63. The molecule has 0 aromatic carbocycles. The molecule has 4 heteroatoms. The Kier molecular flexibility index (Phi) is 8.27. The zero-order chi connectivity index (χ0) is 9.23. The maximum atomic E-state index is 9.68. The van der Waals surface area contributed by atoms with Gasteiger partial charge >= 0.3 is 0 Å². The number of aliphatic hydroxyl groups is 1. The van der Waals surface area contributed by atoms with Crippen LogP contribution in [0.5, 0.6) is 0 Å². The van der Waals surface area contributed by atoms with Gasteiger partial charge in [0.1, 0.15) is 0 Å². The molecule has 0 aliphatic rings. The Morgan fingerprint density at radius 2 is 2.25 bits per heavy atom. The van der Waals surface area contributed by atoms with Crippen molar-refractivity contribution in [2.45, 2.75) is 32.3 Å². The van der Waals surface area contributed by atoms with Crippen LogP contribution in [-0.2, 0) is 0 Å². The highest BCUT2D eigenvalue weighted by Gasteiger charge is 1.97. The average Bonchev–Trinajstić information content (AvgIpc) is 2.10. The normalized spacial score (nSPS) is 12.8. The lowest BCUT2D eigenvalue weighted by Crippen LogP contribution is -2.26. The topological polar surface area (TPSA) is 61.7 Å².